The highest BCUT2D eigenvalue weighted by Gasteiger charge is 2.35. The topological polar surface area (TPSA) is 82.2 Å². The highest BCUT2D eigenvalue weighted by atomic mass is 16.2. The van der Waals surface area contributed by atoms with E-state index in [9.17, 15) is 10.1 Å². The molecule has 1 amide bonds. The Morgan fingerprint density at radius 3 is 2.53 bits per heavy atom. The normalized spacial score (nSPS) is 19.9. The molecule has 0 saturated heterocycles. The number of nitrogens with one attached hydrogen (secondary N) is 1. The number of amides is 1. The second-order valence-electron chi connectivity index (χ2n) is 6.07. The molecular formula is C14H26N4O. The zero-order valence-electron chi connectivity index (χ0n) is 12.4. The molecule has 2 unspecified atom stereocenters. The van der Waals surface area contributed by atoms with E-state index in [1.54, 1.807) is 6.92 Å². The fourth-order valence-electron chi connectivity index (χ4n) is 2.19. The van der Waals surface area contributed by atoms with Gasteiger partial charge in [0, 0.05) is 12.6 Å². The minimum absolute atomic E-state index is 0.0699. The summed E-state index contributed by atoms with van der Waals surface area (Å²) in [6, 6.07) is 2.46. The van der Waals surface area contributed by atoms with E-state index in [0.29, 0.717) is 19.0 Å². The van der Waals surface area contributed by atoms with E-state index in [1.807, 2.05) is 25.8 Å². The van der Waals surface area contributed by atoms with Gasteiger partial charge < -0.3 is 11.1 Å². The summed E-state index contributed by atoms with van der Waals surface area (Å²) in [6.07, 6.45) is 2.41. The van der Waals surface area contributed by atoms with Gasteiger partial charge in [-0.15, -0.1) is 0 Å². The van der Waals surface area contributed by atoms with Crippen LogP contribution in [0, 0.1) is 23.2 Å². The molecule has 108 valence electrons. The van der Waals surface area contributed by atoms with Crippen molar-refractivity contribution in [1.82, 2.24) is 10.2 Å². The molecule has 0 aromatic carbocycles. The van der Waals surface area contributed by atoms with E-state index in [2.05, 4.69) is 11.4 Å². The van der Waals surface area contributed by atoms with Crippen LogP contribution in [0.15, 0.2) is 0 Å². The number of nitriles is 1. The number of rotatable bonds is 7. The Kier molecular flexibility index (Phi) is 5.33. The fraction of sp³-hybridized carbons (Fsp3) is 0.857. The standard InChI is InChI=1S/C14H26N4O/c1-10(2)14(3,9-16)17-13(19)8-18(4)12(7-15)11-5-6-11/h10-12H,5-8,15H2,1-4H3,(H,17,19). The predicted octanol–water partition coefficient (Wildman–Crippen LogP) is 0.710. The average molecular weight is 266 g/mol. The summed E-state index contributed by atoms with van der Waals surface area (Å²) in [4.78, 5) is 14.1. The summed E-state index contributed by atoms with van der Waals surface area (Å²) < 4.78 is 0. The van der Waals surface area contributed by atoms with E-state index in [1.165, 1.54) is 12.8 Å². The zero-order chi connectivity index (χ0) is 14.6. The summed E-state index contributed by atoms with van der Waals surface area (Å²) in [5.74, 6) is 0.593. The lowest BCUT2D eigenvalue weighted by Gasteiger charge is -2.30. The molecule has 3 N–H and O–H groups in total. The summed E-state index contributed by atoms with van der Waals surface area (Å²) in [6.45, 7) is 6.49. The molecule has 5 heteroatoms. The molecule has 0 heterocycles. The summed E-state index contributed by atoms with van der Waals surface area (Å²) in [5, 5.41) is 12.0. The molecule has 1 fully saturated rings. The first kappa shape index (κ1) is 15.9. The molecule has 0 radical (unpaired) electrons. The van der Waals surface area contributed by atoms with Gasteiger partial charge in [-0.05, 0) is 38.6 Å². The van der Waals surface area contributed by atoms with Gasteiger partial charge in [0.2, 0.25) is 5.91 Å². The van der Waals surface area contributed by atoms with Crippen LogP contribution in [0.2, 0.25) is 0 Å². The lowest BCUT2D eigenvalue weighted by atomic mass is 9.90. The molecule has 2 atom stereocenters. The van der Waals surface area contributed by atoms with E-state index < -0.39 is 5.54 Å². The molecule has 0 aliphatic heterocycles. The van der Waals surface area contributed by atoms with Gasteiger partial charge in [-0.3, -0.25) is 9.69 Å². The molecule has 0 spiro atoms. The van der Waals surface area contributed by atoms with Crippen molar-refractivity contribution in [2.24, 2.45) is 17.6 Å². The van der Waals surface area contributed by atoms with Crippen LogP contribution >= 0.6 is 0 Å². The summed E-state index contributed by atoms with van der Waals surface area (Å²) in [5.41, 5.74) is 4.96. The number of nitrogens with zero attached hydrogens (tertiary/aromatic N) is 2. The van der Waals surface area contributed by atoms with Gasteiger partial charge in [0.05, 0.1) is 12.6 Å². The second kappa shape index (κ2) is 6.36. The minimum Gasteiger partial charge on any atom is -0.337 e. The molecule has 19 heavy (non-hydrogen) atoms. The first-order chi connectivity index (χ1) is 8.84. The lowest BCUT2D eigenvalue weighted by Crippen LogP contribution is -2.53. The monoisotopic (exact) mass is 266 g/mol. The van der Waals surface area contributed by atoms with Crippen LogP contribution in [-0.2, 0) is 4.79 Å². The van der Waals surface area contributed by atoms with Crippen molar-refractivity contribution >= 4 is 5.91 Å². The highest BCUT2D eigenvalue weighted by Crippen LogP contribution is 2.34. The van der Waals surface area contributed by atoms with Crippen LogP contribution in [0.25, 0.3) is 0 Å². The third-order valence-corrected chi connectivity index (χ3v) is 4.15. The van der Waals surface area contributed by atoms with Crippen LogP contribution in [0.1, 0.15) is 33.6 Å². The molecule has 0 aromatic rings. The van der Waals surface area contributed by atoms with E-state index in [0.717, 1.165) is 0 Å². The molecule has 1 aliphatic rings. The van der Waals surface area contributed by atoms with Gasteiger partial charge in [-0.1, -0.05) is 13.8 Å². The summed E-state index contributed by atoms with van der Waals surface area (Å²) in [7, 11) is 1.93. The Morgan fingerprint density at radius 2 is 2.16 bits per heavy atom. The van der Waals surface area contributed by atoms with Crippen LogP contribution in [0.5, 0.6) is 0 Å². The van der Waals surface area contributed by atoms with Gasteiger partial charge in [0.1, 0.15) is 5.54 Å². The molecule has 1 aliphatic carbocycles. The molecule has 0 bridgehead atoms. The number of carbonyl (C=O) groups excluding carboxylic acids is 1. The van der Waals surface area contributed by atoms with Crippen molar-refractivity contribution in [1.29, 1.82) is 5.26 Å². The quantitative estimate of drug-likeness (QED) is 0.711. The maximum Gasteiger partial charge on any atom is 0.235 e. The Balaban J connectivity index is 2.52. The maximum absolute atomic E-state index is 12.1. The van der Waals surface area contributed by atoms with Crippen molar-refractivity contribution in [3.8, 4) is 6.07 Å². The highest BCUT2D eigenvalue weighted by molar-refractivity contribution is 5.79. The van der Waals surface area contributed by atoms with Gasteiger partial charge in [-0.25, -0.2) is 0 Å². The number of hydrogen-bond acceptors (Lipinski definition) is 4. The molecule has 0 aromatic heterocycles. The van der Waals surface area contributed by atoms with E-state index in [4.69, 9.17) is 5.73 Å². The Labute approximate surface area is 116 Å². The van der Waals surface area contributed by atoms with Crippen molar-refractivity contribution in [3.63, 3.8) is 0 Å². The van der Waals surface area contributed by atoms with Gasteiger partial charge in [0.25, 0.3) is 0 Å². The molecule has 5 nitrogen and oxygen atoms in total. The van der Waals surface area contributed by atoms with Crippen molar-refractivity contribution in [2.75, 3.05) is 20.1 Å². The zero-order valence-corrected chi connectivity index (χ0v) is 12.4. The largest absolute Gasteiger partial charge is 0.337 e. The number of likely N-dealkylation sites (N-methyl/N-ethyl adjacent to an activating group) is 1. The van der Waals surface area contributed by atoms with Crippen molar-refractivity contribution in [3.05, 3.63) is 0 Å². The summed E-state index contributed by atoms with van der Waals surface area (Å²) >= 11 is 0. The first-order valence-electron chi connectivity index (χ1n) is 6.96. The maximum atomic E-state index is 12.1. The Hall–Kier alpha value is -1.12. The van der Waals surface area contributed by atoms with Crippen molar-refractivity contribution < 1.29 is 4.79 Å². The Morgan fingerprint density at radius 1 is 1.58 bits per heavy atom. The number of nitrogens with two attached hydrogens (primary N) is 1. The lowest BCUT2D eigenvalue weighted by molar-refractivity contribution is -0.124. The van der Waals surface area contributed by atoms with Crippen molar-refractivity contribution in [2.45, 2.75) is 45.2 Å². The van der Waals surface area contributed by atoms with Gasteiger partial charge in [-0.2, -0.15) is 5.26 Å². The van der Waals surface area contributed by atoms with Gasteiger partial charge in [0.15, 0.2) is 0 Å². The predicted molar refractivity (Wildman–Crippen MR) is 75.2 cm³/mol. The first-order valence-corrected chi connectivity index (χ1v) is 6.96. The van der Waals surface area contributed by atoms with Crippen LogP contribution in [0.4, 0.5) is 0 Å². The second-order valence-corrected chi connectivity index (χ2v) is 6.07. The molecular weight excluding hydrogens is 240 g/mol. The number of carbonyl (C=O) groups is 1. The third-order valence-electron chi connectivity index (χ3n) is 4.15. The number of hydrogen-bond donors (Lipinski definition) is 2. The van der Waals surface area contributed by atoms with E-state index >= 15 is 0 Å². The molecule has 1 rings (SSSR count). The average Bonchev–Trinajstić information content (AvgIpc) is 3.13. The Bertz CT molecular complexity index is 359. The smallest absolute Gasteiger partial charge is 0.235 e. The van der Waals surface area contributed by atoms with Crippen LogP contribution < -0.4 is 11.1 Å². The SMILES string of the molecule is CC(C)C(C)(C#N)NC(=O)CN(C)C(CN)C1CC1. The minimum atomic E-state index is -0.810. The van der Waals surface area contributed by atoms with Gasteiger partial charge >= 0.3 is 0 Å². The van der Waals surface area contributed by atoms with Crippen LogP contribution in [0.3, 0.4) is 0 Å². The van der Waals surface area contributed by atoms with Crippen LogP contribution in [-0.4, -0.2) is 42.5 Å². The van der Waals surface area contributed by atoms with E-state index in [-0.39, 0.29) is 17.9 Å². The molecule has 1 saturated carbocycles. The third kappa shape index (κ3) is 4.19. The fourth-order valence-corrected chi connectivity index (χ4v) is 2.19.